The molecule has 9 heteroatoms. The topological polar surface area (TPSA) is 109 Å². The summed E-state index contributed by atoms with van der Waals surface area (Å²) in [4.78, 5) is 4.43. The largest absolute Gasteiger partial charge is 0.352 e. The van der Waals surface area contributed by atoms with Gasteiger partial charge in [-0.05, 0) is 30.7 Å². The average molecular weight is 363 g/mol. The second-order valence-corrected chi connectivity index (χ2v) is 8.35. The number of hydrogen-bond acceptors (Lipinski definition) is 6. The summed E-state index contributed by atoms with van der Waals surface area (Å²) < 4.78 is 31.9. The fourth-order valence-electron chi connectivity index (χ4n) is 2.67. The highest BCUT2D eigenvalue weighted by atomic mass is 32.2. The fraction of sp³-hybridized carbons (Fsp3) is 0.375. The molecule has 0 amide bonds. The Bertz CT molecular complexity index is 927. The van der Waals surface area contributed by atoms with Gasteiger partial charge in [0.05, 0.1) is 11.8 Å². The Labute approximate surface area is 146 Å². The molecule has 3 aromatic rings. The zero-order valence-corrected chi connectivity index (χ0v) is 14.9. The summed E-state index contributed by atoms with van der Waals surface area (Å²) in [7, 11) is -1.14. The van der Waals surface area contributed by atoms with Crippen LogP contribution in [0.5, 0.6) is 0 Å². The van der Waals surface area contributed by atoms with E-state index in [0.29, 0.717) is 5.82 Å². The molecule has 0 fully saturated rings. The Morgan fingerprint density at radius 3 is 2.56 bits per heavy atom. The van der Waals surface area contributed by atoms with E-state index in [-0.39, 0.29) is 24.1 Å². The molecule has 0 aliphatic heterocycles. The summed E-state index contributed by atoms with van der Waals surface area (Å²) in [6.45, 7) is 0. The second kappa shape index (κ2) is 6.85. The second-order valence-electron chi connectivity index (χ2n) is 6.09. The fourth-order valence-corrected chi connectivity index (χ4v) is 3.35. The molecular formula is C16H21N5O3S. The van der Waals surface area contributed by atoms with Crippen LogP contribution in [0.25, 0.3) is 0 Å². The van der Waals surface area contributed by atoms with Crippen LogP contribution in [0.2, 0.25) is 0 Å². The minimum Gasteiger partial charge on any atom is -0.352 e. The maximum absolute atomic E-state index is 11.3. The van der Waals surface area contributed by atoms with Crippen molar-refractivity contribution in [1.29, 1.82) is 0 Å². The van der Waals surface area contributed by atoms with Gasteiger partial charge in [0.1, 0.15) is 15.9 Å². The van der Waals surface area contributed by atoms with Crippen molar-refractivity contribution in [2.45, 2.75) is 18.5 Å². The van der Waals surface area contributed by atoms with Crippen LogP contribution in [0.1, 0.15) is 35.9 Å². The van der Waals surface area contributed by atoms with Crippen molar-refractivity contribution < 1.29 is 12.9 Å². The normalized spacial score (nSPS) is 14.5. The molecule has 8 nitrogen and oxygen atoms in total. The SMILES string of the molecule is Cn1cccc1[C@H](c1noc([C@H](N)CCS(C)(=O)=O)n1)n1cccc1. The van der Waals surface area contributed by atoms with Crippen molar-refractivity contribution in [2.24, 2.45) is 12.8 Å². The molecule has 0 unspecified atom stereocenters. The van der Waals surface area contributed by atoms with Gasteiger partial charge in [-0.25, -0.2) is 8.42 Å². The van der Waals surface area contributed by atoms with Gasteiger partial charge in [0.2, 0.25) is 11.7 Å². The van der Waals surface area contributed by atoms with Crippen LogP contribution >= 0.6 is 0 Å². The zero-order valence-electron chi connectivity index (χ0n) is 14.1. The molecule has 0 aliphatic rings. The predicted octanol–water partition coefficient (Wildman–Crippen LogP) is 1.28. The molecule has 0 radical (unpaired) electrons. The highest BCUT2D eigenvalue weighted by Crippen LogP contribution is 2.26. The third-order valence-corrected chi connectivity index (χ3v) is 4.99. The monoisotopic (exact) mass is 363 g/mol. The van der Waals surface area contributed by atoms with Gasteiger partial charge in [-0.15, -0.1) is 0 Å². The third kappa shape index (κ3) is 3.99. The highest BCUT2D eigenvalue weighted by Gasteiger charge is 2.25. The first-order valence-electron chi connectivity index (χ1n) is 7.85. The maximum atomic E-state index is 11.3. The Balaban J connectivity index is 1.89. The average Bonchev–Trinajstić information content (AvgIpc) is 3.28. The van der Waals surface area contributed by atoms with Gasteiger partial charge >= 0.3 is 0 Å². The smallest absolute Gasteiger partial charge is 0.243 e. The van der Waals surface area contributed by atoms with Crippen LogP contribution in [0.4, 0.5) is 0 Å². The Hall–Kier alpha value is -2.39. The van der Waals surface area contributed by atoms with Crippen molar-refractivity contribution in [3.8, 4) is 0 Å². The number of aromatic nitrogens is 4. The van der Waals surface area contributed by atoms with Crippen molar-refractivity contribution in [3.05, 3.63) is 60.3 Å². The molecule has 0 aliphatic carbocycles. The molecule has 0 saturated carbocycles. The molecule has 134 valence electrons. The van der Waals surface area contributed by atoms with Crippen LogP contribution in [0.15, 0.2) is 47.4 Å². The Kier molecular flexibility index (Phi) is 4.78. The van der Waals surface area contributed by atoms with Crippen LogP contribution in [-0.2, 0) is 16.9 Å². The summed E-state index contributed by atoms with van der Waals surface area (Å²) in [5.41, 5.74) is 7.00. The van der Waals surface area contributed by atoms with Gasteiger partial charge in [-0.3, -0.25) is 0 Å². The van der Waals surface area contributed by atoms with E-state index in [9.17, 15) is 8.42 Å². The summed E-state index contributed by atoms with van der Waals surface area (Å²) in [5, 5.41) is 4.09. The minimum atomic E-state index is -3.09. The number of nitrogens with two attached hydrogens (primary N) is 1. The molecule has 3 aromatic heterocycles. The van der Waals surface area contributed by atoms with Crippen molar-refractivity contribution >= 4 is 9.84 Å². The third-order valence-electron chi connectivity index (χ3n) is 4.01. The van der Waals surface area contributed by atoms with Crippen molar-refractivity contribution in [2.75, 3.05) is 12.0 Å². The van der Waals surface area contributed by atoms with Crippen LogP contribution in [-0.4, -0.2) is 39.7 Å². The van der Waals surface area contributed by atoms with Crippen molar-refractivity contribution in [3.63, 3.8) is 0 Å². The molecule has 25 heavy (non-hydrogen) atoms. The zero-order chi connectivity index (χ0) is 18.0. The number of aryl methyl sites for hydroxylation is 1. The molecule has 0 saturated heterocycles. The lowest BCUT2D eigenvalue weighted by Gasteiger charge is -2.16. The van der Waals surface area contributed by atoms with Crippen molar-refractivity contribution in [1.82, 2.24) is 19.3 Å². The standard InChI is InChI=1S/C16H21N5O3S/c1-20-8-5-6-13(20)14(21-9-3-4-10-21)15-18-16(24-19-15)12(17)7-11-25(2,22)23/h3-6,8-10,12,14H,7,11,17H2,1-2H3/t12-,14-/m1/s1. The van der Waals surface area contributed by atoms with Gasteiger partial charge in [0, 0.05) is 37.6 Å². The number of nitrogens with zero attached hydrogens (tertiary/aromatic N) is 4. The summed E-state index contributed by atoms with van der Waals surface area (Å²) in [6.07, 6.45) is 7.22. The van der Waals surface area contributed by atoms with Gasteiger partial charge in [0.25, 0.3) is 0 Å². The molecule has 0 aromatic carbocycles. The van der Waals surface area contributed by atoms with Crippen LogP contribution in [0.3, 0.4) is 0 Å². The molecule has 3 rings (SSSR count). The van der Waals surface area contributed by atoms with Gasteiger partial charge in [-0.2, -0.15) is 4.98 Å². The van der Waals surface area contributed by atoms with E-state index in [1.54, 1.807) is 0 Å². The molecule has 2 atom stereocenters. The predicted molar refractivity (Wildman–Crippen MR) is 92.6 cm³/mol. The maximum Gasteiger partial charge on any atom is 0.243 e. The molecule has 2 N–H and O–H groups in total. The first-order valence-corrected chi connectivity index (χ1v) is 9.91. The van der Waals surface area contributed by atoms with E-state index in [2.05, 4.69) is 10.1 Å². The number of hydrogen-bond donors (Lipinski definition) is 1. The van der Waals surface area contributed by atoms with Crippen LogP contribution in [0, 0.1) is 0 Å². The van der Waals surface area contributed by atoms with E-state index in [1.165, 1.54) is 6.26 Å². The van der Waals surface area contributed by atoms with E-state index in [4.69, 9.17) is 10.3 Å². The van der Waals surface area contributed by atoms with E-state index in [0.717, 1.165) is 5.69 Å². The molecule has 0 spiro atoms. The molecule has 0 bridgehead atoms. The van der Waals surface area contributed by atoms with Gasteiger partial charge < -0.3 is 19.4 Å². The van der Waals surface area contributed by atoms with Gasteiger partial charge in [0.15, 0.2) is 0 Å². The molecule has 3 heterocycles. The summed E-state index contributed by atoms with van der Waals surface area (Å²) in [6, 6.07) is 6.92. The van der Waals surface area contributed by atoms with E-state index >= 15 is 0 Å². The highest BCUT2D eigenvalue weighted by molar-refractivity contribution is 7.90. The minimum absolute atomic E-state index is 0.0231. The lowest BCUT2D eigenvalue weighted by atomic mass is 10.2. The van der Waals surface area contributed by atoms with Crippen LogP contribution < -0.4 is 5.73 Å². The lowest BCUT2D eigenvalue weighted by Crippen LogP contribution is -2.17. The summed E-state index contributed by atoms with van der Waals surface area (Å²) >= 11 is 0. The molecular weight excluding hydrogens is 342 g/mol. The first-order chi connectivity index (χ1) is 11.8. The Morgan fingerprint density at radius 2 is 1.96 bits per heavy atom. The summed E-state index contributed by atoms with van der Waals surface area (Å²) in [5.74, 6) is 0.692. The number of rotatable bonds is 7. The van der Waals surface area contributed by atoms with E-state index in [1.807, 2.05) is 59.0 Å². The Morgan fingerprint density at radius 1 is 1.24 bits per heavy atom. The first kappa shape index (κ1) is 17.4. The van der Waals surface area contributed by atoms with E-state index < -0.39 is 15.9 Å². The lowest BCUT2D eigenvalue weighted by molar-refractivity contribution is 0.345. The quantitative estimate of drug-likeness (QED) is 0.677. The number of sulfone groups is 1. The van der Waals surface area contributed by atoms with Gasteiger partial charge in [-0.1, -0.05) is 5.16 Å².